The van der Waals surface area contributed by atoms with Gasteiger partial charge >= 0.3 is 0 Å². The number of carbonyl (C=O) groups is 3. The molecule has 1 unspecified atom stereocenters. The molecule has 0 aromatic carbocycles. The number of aliphatic hydroxyl groups excluding tert-OH is 2. The van der Waals surface area contributed by atoms with E-state index in [1.165, 1.54) is 6.92 Å². The smallest absolute Gasteiger partial charge is 0.252 e. The van der Waals surface area contributed by atoms with Crippen LogP contribution < -0.4 is 5.73 Å². The van der Waals surface area contributed by atoms with E-state index in [0.717, 1.165) is 30.4 Å². The second-order valence-electron chi connectivity index (χ2n) is 8.55. The Morgan fingerprint density at radius 2 is 1.97 bits per heavy atom. The Morgan fingerprint density at radius 3 is 2.52 bits per heavy atom. The summed E-state index contributed by atoms with van der Waals surface area (Å²) in [5.41, 5.74) is 7.61. The van der Waals surface area contributed by atoms with Crippen molar-refractivity contribution in [1.82, 2.24) is 0 Å². The quantitative estimate of drug-likeness (QED) is 0.283. The largest absolute Gasteiger partial charge is 0.511 e. The summed E-state index contributed by atoms with van der Waals surface area (Å²) in [5, 5.41) is 20.4. The lowest BCUT2D eigenvalue weighted by molar-refractivity contribution is -0.125. The van der Waals surface area contributed by atoms with Gasteiger partial charge < -0.3 is 15.9 Å². The summed E-state index contributed by atoms with van der Waals surface area (Å²) in [6.07, 6.45) is 9.38. The van der Waals surface area contributed by atoms with Crippen molar-refractivity contribution in [3.63, 3.8) is 0 Å². The molecule has 168 valence electrons. The fraction of sp³-hybridized carbons (Fsp3) is 0.480. The van der Waals surface area contributed by atoms with Gasteiger partial charge in [-0.2, -0.15) is 0 Å². The molecule has 3 atom stereocenters. The summed E-state index contributed by atoms with van der Waals surface area (Å²) in [6.45, 7) is 8.98. The molecule has 0 aromatic rings. The monoisotopic (exact) mass is 427 g/mol. The van der Waals surface area contributed by atoms with E-state index in [2.05, 4.69) is 13.5 Å². The first-order valence-electron chi connectivity index (χ1n) is 10.8. The van der Waals surface area contributed by atoms with E-state index in [4.69, 9.17) is 5.73 Å². The van der Waals surface area contributed by atoms with Gasteiger partial charge in [0.15, 0.2) is 11.6 Å². The number of rotatable bonds is 9. The summed E-state index contributed by atoms with van der Waals surface area (Å²) in [4.78, 5) is 36.8. The summed E-state index contributed by atoms with van der Waals surface area (Å²) in [5.74, 6) is -3.11. The number of Topliss-reactive ketones (excluding diaryl/α,β-unsaturated/α-hetero) is 2. The zero-order valence-electron chi connectivity index (χ0n) is 18.6. The molecule has 0 heterocycles. The standard InChI is InChI=1S/C25H33NO5/c1-5-6-7-17(9-8-15(3)27)14(2)12-19-13-18-10-11-20(25(26)31)23(29)22(18)24(30)21(19)16(4)28/h8-9,11,18-19,22,27,30H,3,5-7,10,12-13H2,1-2,4H3,(H2,26,31)/b9-8-,17-14+/t18-,19+,22?/m1/s1. The van der Waals surface area contributed by atoms with Gasteiger partial charge in [0.1, 0.15) is 11.5 Å². The highest BCUT2D eigenvalue weighted by Crippen LogP contribution is 2.45. The molecular formula is C25H33NO5. The van der Waals surface area contributed by atoms with Gasteiger partial charge in [-0.1, -0.05) is 37.6 Å². The van der Waals surface area contributed by atoms with Crippen LogP contribution in [-0.4, -0.2) is 27.7 Å². The van der Waals surface area contributed by atoms with Crippen molar-refractivity contribution in [2.75, 3.05) is 0 Å². The molecule has 0 fully saturated rings. The van der Waals surface area contributed by atoms with Crippen molar-refractivity contribution in [3.05, 3.63) is 58.6 Å². The first kappa shape index (κ1) is 24.4. The molecule has 31 heavy (non-hydrogen) atoms. The highest BCUT2D eigenvalue weighted by molar-refractivity contribution is 6.21. The Hall–Kier alpha value is -2.89. The SMILES string of the molecule is C=C(O)/C=C\C(CCCC)=C(/C)C[C@H]1C[C@H]2CC=C(C(N)=O)C(=O)C2C(O)=C1C(C)=O. The van der Waals surface area contributed by atoms with Gasteiger partial charge in [0, 0.05) is 5.57 Å². The van der Waals surface area contributed by atoms with Gasteiger partial charge in [0.2, 0.25) is 0 Å². The van der Waals surface area contributed by atoms with Crippen LogP contribution in [0.25, 0.3) is 0 Å². The summed E-state index contributed by atoms with van der Waals surface area (Å²) in [7, 11) is 0. The van der Waals surface area contributed by atoms with Crippen molar-refractivity contribution in [2.45, 2.75) is 59.3 Å². The van der Waals surface area contributed by atoms with Crippen LogP contribution in [0.15, 0.2) is 58.6 Å². The highest BCUT2D eigenvalue weighted by atomic mass is 16.3. The van der Waals surface area contributed by atoms with Crippen LogP contribution in [0.1, 0.15) is 59.3 Å². The molecule has 0 saturated carbocycles. The zero-order valence-corrected chi connectivity index (χ0v) is 18.6. The lowest BCUT2D eigenvalue weighted by Gasteiger charge is -2.38. The van der Waals surface area contributed by atoms with Gasteiger partial charge in [-0.15, -0.1) is 0 Å². The van der Waals surface area contributed by atoms with Crippen LogP contribution in [0, 0.1) is 17.8 Å². The molecule has 2 rings (SSSR count). The van der Waals surface area contributed by atoms with E-state index < -0.39 is 17.6 Å². The summed E-state index contributed by atoms with van der Waals surface area (Å²) in [6, 6.07) is 0. The Morgan fingerprint density at radius 1 is 1.29 bits per heavy atom. The number of primary amides is 1. The number of aliphatic hydroxyl groups is 2. The molecule has 2 aliphatic rings. The van der Waals surface area contributed by atoms with Crippen LogP contribution >= 0.6 is 0 Å². The van der Waals surface area contributed by atoms with E-state index in [1.54, 1.807) is 12.2 Å². The molecule has 4 N–H and O–H groups in total. The minimum Gasteiger partial charge on any atom is -0.511 e. The molecule has 0 aromatic heterocycles. The van der Waals surface area contributed by atoms with Gasteiger partial charge in [-0.05, 0) is 69.4 Å². The molecule has 0 radical (unpaired) electrons. The molecule has 1 amide bonds. The molecule has 0 aliphatic heterocycles. The lowest BCUT2D eigenvalue weighted by atomic mass is 9.65. The maximum absolute atomic E-state index is 12.8. The average Bonchev–Trinajstić information content (AvgIpc) is 2.67. The van der Waals surface area contributed by atoms with Crippen molar-refractivity contribution >= 4 is 17.5 Å². The van der Waals surface area contributed by atoms with Crippen molar-refractivity contribution in [3.8, 4) is 0 Å². The molecule has 6 heteroatoms. The maximum atomic E-state index is 12.8. The Balaban J connectivity index is 2.42. The lowest BCUT2D eigenvalue weighted by Crippen LogP contribution is -2.40. The molecule has 0 bridgehead atoms. The molecular weight excluding hydrogens is 394 g/mol. The Labute approximate surface area is 183 Å². The van der Waals surface area contributed by atoms with Gasteiger partial charge in [-0.25, -0.2) is 0 Å². The van der Waals surface area contributed by atoms with Gasteiger partial charge in [-0.3, -0.25) is 14.4 Å². The topological polar surface area (TPSA) is 118 Å². The molecule has 6 nitrogen and oxygen atoms in total. The number of allylic oxidation sites excluding steroid dienone is 7. The fourth-order valence-electron chi connectivity index (χ4n) is 4.71. The maximum Gasteiger partial charge on any atom is 0.252 e. The molecule has 0 spiro atoms. The number of amides is 1. The van der Waals surface area contributed by atoms with Gasteiger partial charge in [0.25, 0.3) is 5.91 Å². The average molecular weight is 428 g/mol. The number of fused-ring (bicyclic) bond motifs is 1. The third-order valence-corrected chi connectivity index (χ3v) is 6.23. The highest BCUT2D eigenvalue weighted by Gasteiger charge is 2.45. The van der Waals surface area contributed by atoms with Crippen LogP contribution in [-0.2, 0) is 14.4 Å². The summed E-state index contributed by atoms with van der Waals surface area (Å²) >= 11 is 0. The minimum atomic E-state index is -0.885. The van der Waals surface area contributed by atoms with Gasteiger partial charge in [0.05, 0.1) is 11.5 Å². The number of hydrogen-bond donors (Lipinski definition) is 3. The number of unbranched alkanes of at least 4 members (excludes halogenated alkanes) is 1. The normalized spacial score (nSPS) is 24.5. The number of hydrogen-bond acceptors (Lipinski definition) is 5. The number of nitrogens with two attached hydrogens (primary N) is 1. The second kappa shape index (κ2) is 10.4. The zero-order chi connectivity index (χ0) is 23.3. The van der Waals surface area contributed by atoms with Crippen molar-refractivity contribution < 1.29 is 24.6 Å². The molecule has 2 aliphatic carbocycles. The first-order valence-corrected chi connectivity index (χ1v) is 10.8. The Bertz CT molecular complexity index is 903. The minimum absolute atomic E-state index is 0.0259. The second-order valence-corrected chi connectivity index (χ2v) is 8.55. The van der Waals surface area contributed by atoms with Crippen LogP contribution in [0.2, 0.25) is 0 Å². The van der Waals surface area contributed by atoms with E-state index in [0.29, 0.717) is 19.3 Å². The number of ketones is 2. The molecule has 0 saturated heterocycles. The van der Waals surface area contributed by atoms with E-state index in [1.807, 2.05) is 13.0 Å². The Kier molecular flexibility index (Phi) is 8.20. The van der Waals surface area contributed by atoms with Crippen LogP contribution in [0.4, 0.5) is 0 Å². The third-order valence-electron chi connectivity index (χ3n) is 6.23. The summed E-state index contributed by atoms with van der Waals surface area (Å²) < 4.78 is 0. The van der Waals surface area contributed by atoms with E-state index >= 15 is 0 Å². The predicted octanol–water partition coefficient (Wildman–Crippen LogP) is 4.55. The first-order chi connectivity index (χ1) is 14.6. The fourth-order valence-corrected chi connectivity index (χ4v) is 4.71. The van der Waals surface area contributed by atoms with Crippen molar-refractivity contribution in [2.24, 2.45) is 23.5 Å². The van der Waals surface area contributed by atoms with Crippen LogP contribution in [0.3, 0.4) is 0 Å². The van der Waals surface area contributed by atoms with Crippen molar-refractivity contribution in [1.29, 1.82) is 0 Å². The predicted molar refractivity (Wildman–Crippen MR) is 120 cm³/mol. The van der Waals surface area contributed by atoms with E-state index in [9.17, 15) is 24.6 Å². The number of carbonyl (C=O) groups excluding carboxylic acids is 3. The third kappa shape index (κ3) is 5.63. The van der Waals surface area contributed by atoms with E-state index in [-0.39, 0.29) is 40.3 Å². The van der Waals surface area contributed by atoms with Crippen LogP contribution in [0.5, 0.6) is 0 Å².